The average Bonchev–Trinajstić information content (AvgIpc) is 2.94. The lowest BCUT2D eigenvalue weighted by atomic mass is 10.1. The maximum absolute atomic E-state index is 12.7. The van der Waals surface area contributed by atoms with Crippen molar-refractivity contribution in [1.29, 1.82) is 0 Å². The summed E-state index contributed by atoms with van der Waals surface area (Å²) in [6.07, 6.45) is 0.166. The molecule has 0 bridgehead atoms. The predicted molar refractivity (Wildman–Crippen MR) is 155 cm³/mol. The summed E-state index contributed by atoms with van der Waals surface area (Å²) >= 11 is 0. The highest BCUT2D eigenvalue weighted by Crippen LogP contribution is 2.02. The van der Waals surface area contributed by atoms with Crippen LogP contribution in [-0.4, -0.2) is 114 Å². The smallest absolute Gasteiger partial charge is 0.326 e. The number of nitrogens with one attached hydrogen (secondary N) is 5. The van der Waals surface area contributed by atoms with Crippen LogP contribution >= 0.6 is 0 Å². The standard InChI is InChI=1S/C23H42N12O9/c24-12(3-1-7-29-22(25)26)19(41)35-13(4-2-8-30-23(27)28)20(42)33-10-16(37)31-9-15(36)32-11-17(38)34-14(21(43)44)5-6-18(39)40/h12-14H,1-11,24H2,(H,31,37)(H,32,36)(H,33,42)(H,34,38)(H,35,41)(H,39,40)(H,43,44)(H4,25,26,29)(H4,27,28,30)/t12-,13-,14-/m0/s1. The molecule has 0 aliphatic carbocycles. The Kier molecular flexibility index (Phi) is 18.9. The summed E-state index contributed by atoms with van der Waals surface area (Å²) in [4.78, 5) is 90.6. The van der Waals surface area contributed by atoms with Crippen LogP contribution in [0.5, 0.6) is 0 Å². The Morgan fingerprint density at radius 3 is 1.61 bits per heavy atom. The first-order valence-corrected chi connectivity index (χ1v) is 13.3. The topological polar surface area (TPSA) is 375 Å². The van der Waals surface area contributed by atoms with Crippen molar-refractivity contribution >= 4 is 53.4 Å². The van der Waals surface area contributed by atoms with Gasteiger partial charge in [-0.2, -0.15) is 0 Å². The first-order chi connectivity index (χ1) is 20.6. The number of carboxylic acids is 2. The summed E-state index contributed by atoms with van der Waals surface area (Å²) in [7, 11) is 0. The molecule has 44 heavy (non-hydrogen) atoms. The van der Waals surface area contributed by atoms with E-state index in [0.29, 0.717) is 12.8 Å². The lowest BCUT2D eigenvalue weighted by Crippen LogP contribution is -2.53. The lowest BCUT2D eigenvalue weighted by molar-refractivity contribution is -0.143. The van der Waals surface area contributed by atoms with Crippen molar-refractivity contribution in [2.45, 2.75) is 56.7 Å². The summed E-state index contributed by atoms with van der Waals surface area (Å²) in [6.45, 7) is -1.37. The molecule has 5 amide bonds. The van der Waals surface area contributed by atoms with Crippen molar-refractivity contribution in [3.8, 4) is 0 Å². The van der Waals surface area contributed by atoms with Gasteiger partial charge in [0, 0.05) is 19.5 Å². The van der Waals surface area contributed by atoms with E-state index in [4.69, 9.17) is 38.9 Å². The third-order valence-electron chi connectivity index (χ3n) is 5.48. The Morgan fingerprint density at radius 2 is 1.11 bits per heavy atom. The number of aliphatic imine (C=N–C) groups is 2. The SMILES string of the molecule is NC(N)=NCCC[C@H](NC(=O)[C@@H](N)CCCN=C(N)N)C(=O)NCC(=O)NCC(=O)NCC(=O)N[C@@H](CCC(=O)O)C(=O)O. The highest BCUT2D eigenvalue weighted by molar-refractivity contribution is 5.93. The van der Waals surface area contributed by atoms with Gasteiger partial charge in [-0.15, -0.1) is 0 Å². The number of nitrogens with two attached hydrogens (primary N) is 5. The van der Waals surface area contributed by atoms with E-state index >= 15 is 0 Å². The van der Waals surface area contributed by atoms with E-state index < -0.39 is 85.7 Å². The van der Waals surface area contributed by atoms with Crippen molar-refractivity contribution < 1.29 is 43.8 Å². The van der Waals surface area contributed by atoms with Crippen LogP contribution in [0.2, 0.25) is 0 Å². The molecule has 21 nitrogen and oxygen atoms in total. The van der Waals surface area contributed by atoms with Crippen molar-refractivity contribution in [3.05, 3.63) is 0 Å². The number of rotatable bonds is 22. The molecule has 0 aliphatic heterocycles. The molecule has 0 aliphatic rings. The van der Waals surface area contributed by atoms with E-state index in [1.54, 1.807) is 0 Å². The second kappa shape index (κ2) is 21.5. The largest absolute Gasteiger partial charge is 0.481 e. The molecule has 0 spiro atoms. The van der Waals surface area contributed by atoms with Gasteiger partial charge in [0.25, 0.3) is 0 Å². The third kappa shape index (κ3) is 19.8. The van der Waals surface area contributed by atoms with Crippen LogP contribution in [0.1, 0.15) is 38.5 Å². The van der Waals surface area contributed by atoms with Crippen LogP contribution in [0.25, 0.3) is 0 Å². The van der Waals surface area contributed by atoms with Crippen LogP contribution < -0.4 is 55.3 Å². The van der Waals surface area contributed by atoms with Gasteiger partial charge >= 0.3 is 11.9 Å². The fourth-order valence-corrected chi connectivity index (χ4v) is 3.25. The Morgan fingerprint density at radius 1 is 0.614 bits per heavy atom. The van der Waals surface area contributed by atoms with E-state index in [9.17, 15) is 33.6 Å². The molecule has 0 radical (unpaired) electrons. The molecular formula is C23H42N12O9. The Bertz CT molecular complexity index is 1070. The first-order valence-electron chi connectivity index (χ1n) is 13.3. The number of carbonyl (C=O) groups excluding carboxylic acids is 5. The van der Waals surface area contributed by atoms with Gasteiger partial charge < -0.3 is 65.5 Å². The zero-order valence-corrected chi connectivity index (χ0v) is 24.0. The molecule has 0 saturated carbocycles. The Hall–Kier alpha value is -5.21. The highest BCUT2D eigenvalue weighted by Gasteiger charge is 2.24. The number of carboxylic acid groups (broad SMARTS) is 2. The van der Waals surface area contributed by atoms with E-state index in [1.807, 2.05) is 0 Å². The van der Waals surface area contributed by atoms with Gasteiger partial charge in [-0.25, -0.2) is 4.79 Å². The van der Waals surface area contributed by atoms with Crippen LogP contribution in [0.15, 0.2) is 9.98 Å². The molecular weight excluding hydrogens is 588 g/mol. The molecule has 17 N–H and O–H groups in total. The van der Waals surface area contributed by atoms with Crippen LogP contribution in [0, 0.1) is 0 Å². The summed E-state index contributed by atoms with van der Waals surface area (Å²) in [6, 6.07) is -3.54. The van der Waals surface area contributed by atoms with E-state index in [1.165, 1.54) is 0 Å². The predicted octanol–water partition coefficient (Wildman–Crippen LogP) is -6.31. The number of carbonyl (C=O) groups is 7. The molecule has 248 valence electrons. The number of amides is 5. The van der Waals surface area contributed by atoms with Gasteiger partial charge in [-0.3, -0.25) is 38.8 Å². The quantitative estimate of drug-likeness (QED) is 0.0301. The first kappa shape index (κ1) is 38.8. The second-order valence-electron chi connectivity index (χ2n) is 9.23. The van der Waals surface area contributed by atoms with Gasteiger partial charge in [0.15, 0.2) is 11.9 Å². The van der Waals surface area contributed by atoms with E-state index in [-0.39, 0.29) is 44.3 Å². The Balaban J connectivity index is 4.78. The number of hydrogen-bond acceptors (Lipinski definition) is 10. The van der Waals surface area contributed by atoms with Gasteiger partial charge in [0.05, 0.1) is 25.7 Å². The number of hydrogen-bond donors (Lipinski definition) is 12. The zero-order valence-electron chi connectivity index (χ0n) is 24.0. The molecule has 0 unspecified atom stereocenters. The van der Waals surface area contributed by atoms with Crippen LogP contribution in [-0.2, 0) is 33.6 Å². The normalized spacial score (nSPS) is 12.3. The van der Waals surface area contributed by atoms with Gasteiger partial charge in [-0.05, 0) is 32.1 Å². The number of nitrogens with zero attached hydrogens (tertiary/aromatic N) is 2. The summed E-state index contributed by atoms with van der Waals surface area (Å²) in [5.74, 6) is -6.77. The molecule has 0 heterocycles. The fourth-order valence-electron chi connectivity index (χ4n) is 3.25. The molecule has 0 fully saturated rings. The van der Waals surface area contributed by atoms with Crippen molar-refractivity contribution in [3.63, 3.8) is 0 Å². The second-order valence-corrected chi connectivity index (χ2v) is 9.23. The van der Waals surface area contributed by atoms with Crippen LogP contribution in [0.3, 0.4) is 0 Å². The summed E-state index contributed by atoms with van der Waals surface area (Å²) < 4.78 is 0. The maximum atomic E-state index is 12.7. The lowest BCUT2D eigenvalue weighted by Gasteiger charge is -2.20. The molecule has 3 atom stereocenters. The van der Waals surface area contributed by atoms with Gasteiger partial charge in [0.1, 0.15) is 12.1 Å². The molecule has 0 rings (SSSR count). The van der Waals surface area contributed by atoms with Crippen molar-refractivity contribution in [2.24, 2.45) is 38.7 Å². The molecule has 0 saturated heterocycles. The highest BCUT2D eigenvalue weighted by atomic mass is 16.4. The van der Waals surface area contributed by atoms with Crippen molar-refractivity contribution in [2.75, 3.05) is 32.7 Å². The minimum atomic E-state index is -1.47. The number of guanidine groups is 2. The summed E-state index contributed by atoms with van der Waals surface area (Å²) in [5.41, 5.74) is 27.0. The van der Waals surface area contributed by atoms with E-state index in [0.717, 1.165) is 0 Å². The minimum absolute atomic E-state index is 0.0974. The average molecular weight is 631 g/mol. The summed E-state index contributed by atoms with van der Waals surface area (Å²) in [5, 5.41) is 29.0. The zero-order chi connectivity index (χ0) is 33.7. The third-order valence-corrected chi connectivity index (χ3v) is 5.48. The molecule has 0 aromatic carbocycles. The molecule has 0 aromatic rings. The van der Waals surface area contributed by atoms with Crippen LogP contribution in [0.4, 0.5) is 0 Å². The number of aliphatic carboxylic acids is 2. The molecule has 0 aromatic heterocycles. The van der Waals surface area contributed by atoms with Crippen molar-refractivity contribution in [1.82, 2.24) is 26.6 Å². The Labute approximate surface area is 252 Å². The monoisotopic (exact) mass is 630 g/mol. The fraction of sp³-hybridized carbons (Fsp3) is 0.609. The van der Waals surface area contributed by atoms with E-state index in [2.05, 4.69) is 36.6 Å². The van der Waals surface area contributed by atoms with Gasteiger partial charge in [-0.1, -0.05) is 0 Å². The molecule has 21 heteroatoms. The minimum Gasteiger partial charge on any atom is -0.481 e. The maximum Gasteiger partial charge on any atom is 0.326 e. The van der Waals surface area contributed by atoms with Gasteiger partial charge in [0.2, 0.25) is 29.5 Å².